The highest BCUT2D eigenvalue weighted by Gasteiger charge is 2.41. The van der Waals surface area contributed by atoms with E-state index in [1.807, 2.05) is 12.1 Å². The molecular formula is C25H24N4O2. The van der Waals surface area contributed by atoms with Crippen molar-refractivity contribution in [2.75, 3.05) is 31.1 Å². The second-order valence-electron chi connectivity index (χ2n) is 8.91. The fourth-order valence-corrected chi connectivity index (χ4v) is 4.98. The van der Waals surface area contributed by atoms with Crippen LogP contribution in [0.5, 0.6) is 0 Å². The number of rotatable bonds is 2. The number of ketones is 2. The molecule has 1 saturated heterocycles. The maximum absolute atomic E-state index is 13.7. The molecule has 6 heteroatoms. The molecule has 0 saturated carbocycles. The molecule has 0 unspecified atom stereocenters. The lowest BCUT2D eigenvalue weighted by atomic mass is 9.70. The molecule has 3 aromatic rings. The highest BCUT2D eigenvalue weighted by atomic mass is 16.1. The minimum atomic E-state index is -0.456. The van der Waals surface area contributed by atoms with Crippen LogP contribution in [0.15, 0.2) is 30.3 Å². The normalized spacial score (nSPS) is 17.2. The standard InChI is InChI=1S/C25H24N4O2/c1-14(30)17-11-18-19(12-21(17)29-8-6-27-7-9-29)25(2,3)24-22(23(18)31)16-5-4-15(13-26)10-20(16)28-24/h4-5,10-12,27-28H,6-9H2,1-3H3. The molecule has 2 heterocycles. The van der Waals surface area contributed by atoms with E-state index in [0.717, 1.165) is 54.0 Å². The van der Waals surface area contributed by atoms with Crippen molar-refractivity contribution in [1.82, 2.24) is 10.3 Å². The van der Waals surface area contributed by atoms with Crippen LogP contribution in [0.2, 0.25) is 0 Å². The van der Waals surface area contributed by atoms with Crippen molar-refractivity contribution in [1.29, 1.82) is 5.26 Å². The summed E-state index contributed by atoms with van der Waals surface area (Å²) in [7, 11) is 0. The number of carbonyl (C=O) groups excluding carboxylic acids is 2. The number of nitrogens with one attached hydrogen (secondary N) is 2. The molecule has 0 bridgehead atoms. The molecule has 2 aromatic carbocycles. The Hall–Kier alpha value is -3.43. The Morgan fingerprint density at radius 1 is 1.16 bits per heavy atom. The zero-order valence-electron chi connectivity index (χ0n) is 17.9. The van der Waals surface area contributed by atoms with E-state index in [0.29, 0.717) is 22.3 Å². The number of H-pyrrole nitrogens is 1. The summed E-state index contributed by atoms with van der Waals surface area (Å²) < 4.78 is 0. The third-order valence-corrected chi connectivity index (χ3v) is 6.67. The fourth-order valence-electron chi connectivity index (χ4n) is 4.98. The van der Waals surface area contributed by atoms with Gasteiger partial charge in [-0.1, -0.05) is 19.9 Å². The topological polar surface area (TPSA) is 89.0 Å². The molecule has 1 aliphatic heterocycles. The molecule has 0 spiro atoms. The summed E-state index contributed by atoms with van der Waals surface area (Å²) in [5, 5.41) is 13.4. The lowest BCUT2D eigenvalue weighted by Gasteiger charge is -2.36. The van der Waals surface area contributed by atoms with Gasteiger partial charge in [0.1, 0.15) is 0 Å². The molecule has 31 heavy (non-hydrogen) atoms. The molecule has 0 radical (unpaired) electrons. The Morgan fingerprint density at radius 2 is 1.90 bits per heavy atom. The van der Waals surface area contributed by atoms with Crippen LogP contribution >= 0.6 is 0 Å². The van der Waals surface area contributed by atoms with Crippen LogP contribution in [0.25, 0.3) is 10.9 Å². The van der Waals surface area contributed by atoms with Gasteiger partial charge in [-0.3, -0.25) is 9.59 Å². The number of anilines is 1. The molecule has 0 amide bonds. The average Bonchev–Trinajstić information content (AvgIpc) is 3.17. The number of aromatic nitrogens is 1. The van der Waals surface area contributed by atoms with Crippen LogP contribution in [0, 0.1) is 11.3 Å². The predicted molar refractivity (Wildman–Crippen MR) is 120 cm³/mol. The molecular weight excluding hydrogens is 388 g/mol. The average molecular weight is 412 g/mol. The van der Waals surface area contributed by atoms with Gasteiger partial charge in [0.15, 0.2) is 11.6 Å². The maximum Gasteiger partial charge on any atom is 0.195 e. The van der Waals surface area contributed by atoms with Gasteiger partial charge in [0.05, 0.1) is 17.2 Å². The van der Waals surface area contributed by atoms with Crippen LogP contribution in [0.3, 0.4) is 0 Å². The summed E-state index contributed by atoms with van der Waals surface area (Å²) in [4.78, 5) is 31.9. The summed E-state index contributed by atoms with van der Waals surface area (Å²) in [6.07, 6.45) is 0. The van der Waals surface area contributed by atoms with E-state index in [4.69, 9.17) is 0 Å². The van der Waals surface area contributed by atoms with Crippen LogP contribution < -0.4 is 10.2 Å². The molecule has 5 rings (SSSR count). The maximum atomic E-state index is 13.7. The minimum Gasteiger partial charge on any atom is -0.368 e. The van der Waals surface area contributed by atoms with E-state index in [-0.39, 0.29) is 11.6 Å². The Bertz CT molecular complexity index is 1300. The minimum absolute atomic E-state index is 0.0367. The van der Waals surface area contributed by atoms with Gasteiger partial charge in [0.2, 0.25) is 0 Å². The van der Waals surface area contributed by atoms with E-state index in [9.17, 15) is 14.9 Å². The summed E-state index contributed by atoms with van der Waals surface area (Å²) in [6.45, 7) is 9.14. The fraction of sp³-hybridized carbons (Fsp3) is 0.320. The number of hydrogen-bond acceptors (Lipinski definition) is 5. The first-order chi connectivity index (χ1) is 14.8. The first-order valence-electron chi connectivity index (χ1n) is 10.6. The lowest BCUT2D eigenvalue weighted by molar-refractivity contribution is 0.101. The van der Waals surface area contributed by atoms with Crippen LogP contribution in [-0.2, 0) is 5.41 Å². The molecule has 1 aromatic heterocycles. The van der Waals surface area contributed by atoms with Gasteiger partial charge < -0.3 is 15.2 Å². The molecule has 156 valence electrons. The Kier molecular flexibility index (Phi) is 4.28. The first kappa shape index (κ1) is 19.5. The zero-order chi connectivity index (χ0) is 21.9. The van der Waals surface area contributed by atoms with Crippen molar-refractivity contribution in [3.05, 3.63) is 63.8 Å². The Morgan fingerprint density at radius 3 is 2.58 bits per heavy atom. The number of hydrogen-bond donors (Lipinski definition) is 2. The lowest BCUT2D eigenvalue weighted by Crippen LogP contribution is -2.44. The Balaban J connectivity index is 1.76. The quantitative estimate of drug-likeness (QED) is 0.629. The number of Topliss-reactive ketones (excluding diaryl/α,β-unsaturated/α-hetero) is 1. The van der Waals surface area contributed by atoms with E-state index in [2.05, 4.69) is 35.1 Å². The number of benzene rings is 2. The van der Waals surface area contributed by atoms with Crippen molar-refractivity contribution in [2.45, 2.75) is 26.2 Å². The number of fused-ring (bicyclic) bond motifs is 4. The van der Waals surface area contributed by atoms with Gasteiger partial charge in [-0.05, 0) is 36.8 Å². The van der Waals surface area contributed by atoms with Gasteiger partial charge in [-0.2, -0.15) is 5.26 Å². The molecule has 2 aliphatic rings. The second-order valence-corrected chi connectivity index (χ2v) is 8.91. The van der Waals surface area contributed by atoms with Gasteiger partial charge >= 0.3 is 0 Å². The van der Waals surface area contributed by atoms with Gasteiger partial charge in [0, 0.05) is 65.0 Å². The first-order valence-corrected chi connectivity index (χ1v) is 10.6. The molecule has 1 aliphatic carbocycles. The predicted octanol–water partition coefficient (Wildman–Crippen LogP) is 3.52. The Labute approximate surface area is 180 Å². The largest absolute Gasteiger partial charge is 0.368 e. The smallest absolute Gasteiger partial charge is 0.195 e. The zero-order valence-corrected chi connectivity index (χ0v) is 17.9. The molecule has 0 atom stereocenters. The third kappa shape index (κ3) is 2.81. The summed E-state index contributed by atoms with van der Waals surface area (Å²) in [5.74, 6) is -0.111. The van der Waals surface area contributed by atoms with Crippen molar-refractivity contribution < 1.29 is 9.59 Å². The highest BCUT2D eigenvalue weighted by molar-refractivity contribution is 6.21. The third-order valence-electron chi connectivity index (χ3n) is 6.67. The second kappa shape index (κ2) is 6.79. The van der Waals surface area contributed by atoms with Crippen LogP contribution in [0.1, 0.15) is 63.9 Å². The molecule has 1 fully saturated rings. The number of nitriles is 1. The van der Waals surface area contributed by atoms with Crippen molar-refractivity contribution in [2.24, 2.45) is 0 Å². The SMILES string of the molecule is CC(=O)c1cc2c(cc1N1CCNCC1)C(C)(C)c1[nH]c3cc(C#N)ccc3c1C2=O. The van der Waals surface area contributed by atoms with Crippen LogP contribution in [0.4, 0.5) is 5.69 Å². The monoisotopic (exact) mass is 412 g/mol. The van der Waals surface area contributed by atoms with Crippen molar-refractivity contribution in [3.63, 3.8) is 0 Å². The molecule has 2 N–H and O–H groups in total. The highest BCUT2D eigenvalue weighted by Crippen LogP contribution is 2.45. The number of carbonyl (C=O) groups is 2. The van der Waals surface area contributed by atoms with Gasteiger partial charge in [-0.15, -0.1) is 0 Å². The summed E-state index contributed by atoms with van der Waals surface area (Å²) in [5.41, 5.74) is 5.39. The van der Waals surface area contributed by atoms with E-state index in [1.54, 1.807) is 25.1 Å². The van der Waals surface area contributed by atoms with Crippen LogP contribution in [-0.4, -0.2) is 42.7 Å². The van der Waals surface area contributed by atoms with E-state index < -0.39 is 5.41 Å². The van der Waals surface area contributed by atoms with E-state index in [1.165, 1.54) is 0 Å². The number of piperazine rings is 1. The van der Waals surface area contributed by atoms with Crippen molar-refractivity contribution in [3.8, 4) is 6.07 Å². The number of nitrogens with zero attached hydrogens (tertiary/aromatic N) is 2. The van der Waals surface area contributed by atoms with Crippen molar-refractivity contribution >= 4 is 28.2 Å². The number of aromatic amines is 1. The van der Waals surface area contributed by atoms with Gasteiger partial charge in [-0.25, -0.2) is 0 Å². The van der Waals surface area contributed by atoms with Gasteiger partial charge in [0.25, 0.3) is 0 Å². The van der Waals surface area contributed by atoms with E-state index >= 15 is 0 Å². The summed E-state index contributed by atoms with van der Waals surface area (Å²) in [6, 6.07) is 11.4. The summed E-state index contributed by atoms with van der Waals surface area (Å²) >= 11 is 0. The molecule has 6 nitrogen and oxygen atoms in total.